The molecule has 1 unspecified atom stereocenters. The molecule has 0 saturated carbocycles. The number of carbonyl (C=O) groups is 1. The molecule has 2 aliphatic rings. The number of rotatable bonds is 6. The normalized spacial score (nSPS) is 17.0. The van der Waals surface area contributed by atoms with E-state index in [4.69, 9.17) is 0 Å². The second-order valence-electron chi connectivity index (χ2n) is 7.94. The Morgan fingerprint density at radius 1 is 1.19 bits per heavy atom. The SMILES string of the molecule is Cc1cc(O)c(N2CCCC2)c(C)c1NC(=O)C1=C(NS(=O)c2ccc(F)cc2)CCS1. The Kier molecular flexibility index (Phi) is 6.76. The predicted octanol–water partition coefficient (Wildman–Crippen LogP) is 4.35. The fourth-order valence-corrected chi connectivity index (χ4v) is 6.15. The van der Waals surface area contributed by atoms with Gasteiger partial charge >= 0.3 is 0 Å². The Morgan fingerprint density at radius 2 is 1.88 bits per heavy atom. The highest BCUT2D eigenvalue weighted by molar-refractivity contribution is 8.04. The first-order valence-electron chi connectivity index (χ1n) is 10.5. The van der Waals surface area contributed by atoms with Crippen LogP contribution >= 0.6 is 11.8 Å². The van der Waals surface area contributed by atoms with Crippen molar-refractivity contribution in [2.75, 3.05) is 29.1 Å². The third-order valence-electron chi connectivity index (χ3n) is 5.70. The Bertz CT molecular complexity index is 1100. The zero-order chi connectivity index (χ0) is 22.8. The first-order valence-corrected chi connectivity index (χ1v) is 12.7. The zero-order valence-corrected chi connectivity index (χ0v) is 19.7. The zero-order valence-electron chi connectivity index (χ0n) is 18.0. The van der Waals surface area contributed by atoms with Crippen LogP contribution in [0.5, 0.6) is 5.75 Å². The maximum absolute atomic E-state index is 13.2. The minimum atomic E-state index is -1.59. The van der Waals surface area contributed by atoms with E-state index in [0.29, 0.717) is 33.4 Å². The number of nitrogens with one attached hydrogen (secondary N) is 2. The van der Waals surface area contributed by atoms with Gasteiger partial charge in [0, 0.05) is 30.2 Å². The predicted molar refractivity (Wildman–Crippen MR) is 128 cm³/mol. The summed E-state index contributed by atoms with van der Waals surface area (Å²) >= 11 is 1.41. The topological polar surface area (TPSA) is 81.7 Å². The van der Waals surface area contributed by atoms with E-state index in [1.165, 1.54) is 36.0 Å². The summed E-state index contributed by atoms with van der Waals surface area (Å²) in [5, 5.41) is 13.6. The molecule has 1 atom stereocenters. The fourth-order valence-electron chi connectivity index (χ4n) is 4.14. The summed E-state index contributed by atoms with van der Waals surface area (Å²) in [6, 6.07) is 7.13. The maximum Gasteiger partial charge on any atom is 0.263 e. The smallest absolute Gasteiger partial charge is 0.263 e. The molecule has 2 aliphatic heterocycles. The van der Waals surface area contributed by atoms with Crippen LogP contribution in [-0.2, 0) is 15.8 Å². The molecule has 2 aromatic carbocycles. The minimum absolute atomic E-state index is 0.228. The summed E-state index contributed by atoms with van der Waals surface area (Å²) in [5.74, 6) is 0.273. The van der Waals surface area contributed by atoms with Gasteiger partial charge < -0.3 is 20.0 Å². The quantitative estimate of drug-likeness (QED) is 0.542. The molecule has 0 aromatic heterocycles. The number of nitrogens with zero attached hydrogens (tertiary/aromatic N) is 1. The van der Waals surface area contributed by atoms with Crippen molar-refractivity contribution >= 4 is 40.0 Å². The number of hydrogen-bond acceptors (Lipinski definition) is 5. The van der Waals surface area contributed by atoms with Gasteiger partial charge in [-0.3, -0.25) is 4.79 Å². The van der Waals surface area contributed by atoms with E-state index in [1.807, 2.05) is 13.8 Å². The number of halogens is 1. The molecule has 9 heteroatoms. The van der Waals surface area contributed by atoms with Crippen molar-refractivity contribution in [1.29, 1.82) is 0 Å². The second kappa shape index (κ2) is 9.54. The van der Waals surface area contributed by atoms with E-state index in [0.717, 1.165) is 42.7 Å². The molecule has 6 nitrogen and oxygen atoms in total. The fraction of sp³-hybridized carbons (Fsp3) is 0.348. The summed E-state index contributed by atoms with van der Waals surface area (Å²) < 4.78 is 28.7. The van der Waals surface area contributed by atoms with E-state index < -0.39 is 16.8 Å². The third-order valence-corrected chi connectivity index (χ3v) is 7.96. The summed E-state index contributed by atoms with van der Waals surface area (Å²) in [6.07, 6.45) is 2.75. The van der Waals surface area contributed by atoms with Crippen LogP contribution in [0.3, 0.4) is 0 Å². The number of aryl methyl sites for hydroxylation is 1. The van der Waals surface area contributed by atoms with Gasteiger partial charge in [0.15, 0.2) is 0 Å². The van der Waals surface area contributed by atoms with Crippen LogP contribution in [0.15, 0.2) is 45.8 Å². The van der Waals surface area contributed by atoms with E-state index in [2.05, 4.69) is 14.9 Å². The van der Waals surface area contributed by atoms with Gasteiger partial charge in [0.05, 0.1) is 15.5 Å². The number of hydrogen-bond donors (Lipinski definition) is 3. The van der Waals surface area contributed by atoms with Crippen LogP contribution in [-0.4, -0.2) is 34.1 Å². The first kappa shape index (κ1) is 22.7. The van der Waals surface area contributed by atoms with Crippen molar-refractivity contribution < 1.29 is 18.5 Å². The van der Waals surface area contributed by atoms with Crippen LogP contribution < -0.4 is 14.9 Å². The van der Waals surface area contributed by atoms with Crippen molar-refractivity contribution in [2.24, 2.45) is 0 Å². The number of phenols is 1. The lowest BCUT2D eigenvalue weighted by molar-refractivity contribution is -0.112. The van der Waals surface area contributed by atoms with Gasteiger partial charge in [0.1, 0.15) is 22.6 Å². The molecule has 3 N–H and O–H groups in total. The summed E-state index contributed by atoms with van der Waals surface area (Å²) in [4.78, 5) is 16.2. The van der Waals surface area contributed by atoms with Gasteiger partial charge in [-0.25, -0.2) is 8.60 Å². The van der Waals surface area contributed by atoms with Crippen LogP contribution in [0.2, 0.25) is 0 Å². The number of anilines is 2. The molecular formula is C23H26FN3O3S2. The van der Waals surface area contributed by atoms with Crippen molar-refractivity contribution in [3.05, 3.63) is 57.9 Å². The molecule has 4 rings (SSSR count). The third kappa shape index (κ3) is 4.63. The summed E-state index contributed by atoms with van der Waals surface area (Å²) in [6.45, 7) is 5.54. The highest BCUT2D eigenvalue weighted by atomic mass is 32.2. The largest absolute Gasteiger partial charge is 0.506 e. The number of allylic oxidation sites excluding steroid dienone is 1. The van der Waals surface area contributed by atoms with Gasteiger partial charge in [0.2, 0.25) is 0 Å². The van der Waals surface area contributed by atoms with Gasteiger partial charge in [-0.2, -0.15) is 0 Å². The van der Waals surface area contributed by atoms with Crippen molar-refractivity contribution in [3.63, 3.8) is 0 Å². The van der Waals surface area contributed by atoms with E-state index >= 15 is 0 Å². The molecule has 1 amide bonds. The molecule has 32 heavy (non-hydrogen) atoms. The lowest BCUT2D eigenvalue weighted by Crippen LogP contribution is -2.23. The summed E-state index contributed by atoms with van der Waals surface area (Å²) in [5.41, 5.74) is 3.69. The highest BCUT2D eigenvalue weighted by Crippen LogP contribution is 2.40. The van der Waals surface area contributed by atoms with Crippen LogP contribution in [0.4, 0.5) is 15.8 Å². The second-order valence-corrected chi connectivity index (χ2v) is 10.3. The number of benzene rings is 2. The van der Waals surface area contributed by atoms with Crippen molar-refractivity contribution in [2.45, 2.75) is 38.0 Å². The Labute approximate surface area is 193 Å². The molecule has 170 valence electrons. The molecule has 1 fully saturated rings. The number of thioether (sulfide) groups is 1. The average Bonchev–Trinajstić information content (AvgIpc) is 3.44. The van der Waals surface area contributed by atoms with E-state index in [-0.39, 0.29) is 11.7 Å². The van der Waals surface area contributed by atoms with Gasteiger partial charge in [0.25, 0.3) is 5.91 Å². The molecule has 0 bridgehead atoms. The minimum Gasteiger partial charge on any atom is -0.506 e. The molecular weight excluding hydrogens is 449 g/mol. The van der Waals surface area contributed by atoms with Crippen LogP contribution in [0, 0.1) is 19.7 Å². The molecule has 0 aliphatic carbocycles. The lowest BCUT2D eigenvalue weighted by Gasteiger charge is -2.24. The Balaban J connectivity index is 1.57. The number of amides is 1. The molecule has 2 aromatic rings. The van der Waals surface area contributed by atoms with E-state index in [1.54, 1.807) is 6.07 Å². The Hall–Kier alpha value is -2.52. The van der Waals surface area contributed by atoms with Crippen LogP contribution in [0.1, 0.15) is 30.4 Å². The molecule has 1 saturated heterocycles. The number of carbonyl (C=O) groups excluding carboxylic acids is 1. The van der Waals surface area contributed by atoms with Crippen molar-refractivity contribution in [3.8, 4) is 5.75 Å². The van der Waals surface area contributed by atoms with E-state index in [9.17, 15) is 18.5 Å². The molecule has 0 radical (unpaired) electrons. The van der Waals surface area contributed by atoms with Crippen LogP contribution in [0.25, 0.3) is 0 Å². The molecule has 2 heterocycles. The number of aromatic hydroxyl groups is 1. The lowest BCUT2D eigenvalue weighted by atomic mass is 10.0. The molecule has 0 spiro atoms. The standard InChI is InChI=1S/C23H26FN3O3S2/c1-14-13-19(28)21(27-10-3-4-11-27)15(2)20(14)25-23(29)22-18(9-12-31-22)26-32(30)17-7-5-16(24)6-8-17/h5-8,13,26,28H,3-4,9-12H2,1-2H3,(H,25,29). The van der Waals surface area contributed by atoms with Crippen molar-refractivity contribution in [1.82, 2.24) is 4.72 Å². The monoisotopic (exact) mass is 475 g/mol. The number of phenolic OH excluding ortho intramolecular Hbond substituents is 1. The van der Waals surface area contributed by atoms with Gasteiger partial charge in [-0.1, -0.05) is 0 Å². The Morgan fingerprint density at radius 3 is 2.56 bits per heavy atom. The average molecular weight is 476 g/mol. The van der Waals surface area contributed by atoms with Gasteiger partial charge in [-0.15, -0.1) is 11.8 Å². The maximum atomic E-state index is 13.2. The highest BCUT2D eigenvalue weighted by Gasteiger charge is 2.26. The van der Waals surface area contributed by atoms with Gasteiger partial charge in [-0.05, 0) is 74.6 Å². The summed E-state index contributed by atoms with van der Waals surface area (Å²) in [7, 11) is -1.59. The first-order chi connectivity index (χ1) is 15.3.